The van der Waals surface area contributed by atoms with Crippen LogP contribution in [0.2, 0.25) is 0 Å². The van der Waals surface area contributed by atoms with Gasteiger partial charge in [0.05, 0.1) is 26.5 Å². The van der Waals surface area contributed by atoms with Crippen LogP contribution in [0.3, 0.4) is 0 Å². The highest BCUT2D eigenvalue weighted by molar-refractivity contribution is 14.1. The summed E-state index contributed by atoms with van der Waals surface area (Å²) in [7, 11) is 0. The van der Waals surface area contributed by atoms with Gasteiger partial charge < -0.3 is 9.47 Å². The maximum Gasteiger partial charge on any atom is 0.271 e. The van der Waals surface area contributed by atoms with Gasteiger partial charge in [-0.1, -0.05) is 48.5 Å². The van der Waals surface area contributed by atoms with Crippen LogP contribution < -0.4 is 14.4 Å². The Morgan fingerprint density at radius 2 is 1.69 bits per heavy atom. The Morgan fingerprint density at radius 3 is 2.41 bits per heavy atom. The lowest BCUT2D eigenvalue weighted by Gasteiger charge is -2.15. The van der Waals surface area contributed by atoms with Crippen LogP contribution in [0, 0.1) is 9.39 Å². The second kappa shape index (κ2) is 12.5. The monoisotopic (exact) mass is 650 g/mol. The minimum Gasteiger partial charge on any atom is -0.490 e. The van der Waals surface area contributed by atoms with Crippen LogP contribution in [0.5, 0.6) is 11.5 Å². The van der Waals surface area contributed by atoms with E-state index in [0.717, 1.165) is 26.1 Å². The molecule has 1 saturated heterocycles. The normalized spacial score (nSPS) is 15.3. The second-order valence-corrected chi connectivity index (χ2v) is 10.7. The van der Waals surface area contributed by atoms with Gasteiger partial charge in [-0.05, 0) is 107 Å². The van der Waals surface area contributed by atoms with Crippen LogP contribution in [-0.4, -0.2) is 17.7 Å². The molecule has 4 aromatic rings. The molecular formula is C31H24FIN2O3S. The van der Waals surface area contributed by atoms with Crippen LogP contribution in [0.15, 0.2) is 107 Å². The molecule has 1 aliphatic heterocycles. The van der Waals surface area contributed by atoms with Gasteiger partial charge in [0, 0.05) is 0 Å². The Hall–Kier alpha value is -3.63. The number of benzene rings is 4. The van der Waals surface area contributed by atoms with Crippen molar-refractivity contribution in [3.63, 3.8) is 0 Å². The molecule has 0 radical (unpaired) electrons. The lowest BCUT2D eigenvalue weighted by Crippen LogP contribution is -2.28. The third-order valence-corrected chi connectivity index (χ3v) is 7.47. The fourth-order valence-electron chi connectivity index (χ4n) is 3.97. The van der Waals surface area contributed by atoms with Crippen molar-refractivity contribution in [1.29, 1.82) is 0 Å². The number of halogens is 2. The molecule has 0 unspecified atom stereocenters. The van der Waals surface area contributed by atoms with Gasteiger partial charge in [0.25, 0.3) is 5.91 Å². The molecule has 0 bridgehead atoms. The first kappa shape index (κ1) is 27.0. The molecule has 0 saturated carbocycles. The molecule has 0 aromatic heterocycles. The van der Waals surface area contributed by atoms with Crippen molar-refractivity contribution in [2.75, 3.05) is 11.5 Å². The van der Waals surface area contributed by atoms with Gasteiger partial charge in [-0.2, -0.15) is 0 Å². The van der Waals surface area contributed by atoms with E-state index in [-0.39, 0.29) is 18.3 Å². The fourth-order valence-corrected chi connectivity index (χ4v) is 5.76. The van der Waals surface area contributed by atoms with Crippen molar-refractivity contribution in [2.45, 2.75) is 13.5 Å². The number of para-hydroxylation sites is 2. The lowest BCUT2D eigenvalue weighted by molar-refractivity contribution is -0.113. The van der Waals surface area contributed by atoms with E-state index in [1.807, 2.05) is 91.9 Å². The molecule has 1 heterocycles. The average molecular weight is 651 g/mol. The predicted octanol–water partition coefficient (Wildman–Crippen LogP) is 8.22. The quantitative estimate of drug-likeness (QED) is 0.143. The predicted molar refractivity (Wildman–Crippen MR) is 164 cm³/mol. The summed E-state index contributed by atoms with van der Waals surface area (Å²) in [4.78, 5) is 20.6. The molecule has 1 fully saturated rings. The molecule has 4 aromatic carbocycles. The Kier molecular flexibility index (Phi) is 8.63. The van der Waals surface area contributed by atoms with Crippen molar-refractivity contribution in [2.24, 2.45) is 4.99 Å². The summed E-state index contributed by atoms with van der Waals surface area (Å²) in [6.07, 6.45) is 1.84. The van der Waals surface area contributed by atoms with Crippen molar-refractivity contribution in [3.8, 4) is 11.5 Å². The van der Waals surface area contributed by atoms with Gasteiger partial charge in [0.1, 0.15) is 12.4 Å². The van der Waals surface area contributed by atoms with Crippen LogP contribution in [0.1, 0.15) is 18.1 Å². The second-order valence-electron chi connectivity index (χ2n) is 8.50. The Bertz CT molecular complexity index is 1540. The van der Waals surface area contributed by atoms with E-state index >= 15 is 0 Å². The van der Waals surface area contributed by atoms with E-state index < -0.39 is 0 Å². The number of hydrogen-bond acceptors (Lipinski definition) is 5. The average Bonchev–Trinajstić information content (AvgIpc) is 3.23. The molecule has 196 valence electrons. The van der Waals surface area contributed by atoms with Crippen LogP contribution >= 0.6 is 34.4 Å². The summed E-state index contributed by atoms with van der Waals surface area (Å²) in [6, 6.07) is 29.2. The van der Waals surface area contributed by atoms with E-state index in [1.165, 1.54) is 23.9 Å². The Balaban J connectivity index is 1.47. The summed E-state index contributed by atoms with van der Waals surface area (Å²) >= 11 is 3.52. The number of amidine groups is 1. The first-order chi connectivity index (χ1) is 19.0. The summed E-state index contributed by atoms with van der Waals surface area (Å²) in [5, 5.41) is 0.582. The lowest BCUT2D eigenvalue weighted by atomic mass is 10.1. The van der Waals surface area contributed by atoms with Crippen LogP contribution in [-0.2, 0) is 11.4 Å². The largest absolute Gasteiger partial charge is 0.490 e. The Morgan fingerprint density at radius 1 is 0.949 bits per heavy atom. The zero-order chi connectivity index (χ0) is 27.2. The van der Waals surface area contributed by atoms with E-state index in [9.17, 15) is 9.18 Å². The van der Waals surface area contributed by atoms with Gasteiger partial charge in [0.15, 0.2) is 16.7 Å². The number of carbonyl (C=O) groups excluding carboxylic acids is 1. The third-order valence-electron chi connectivity index (χ3n) is 5.70. The number of hydrogen-bond donors (Lipinski definition) is 0. The van der Waals surface area contributed by atoms with Gasteiger partial charge in [-0.3, -0.25) is 9.69 Å². The zero-order valence-electron chi connectivity index (χ0n) is 21.0. The molecule has 1 amide bonds. The highest BCUT2D eigenvalue weighted by Crippen LogP contribution is 2.40. The number of anilines is 1. The standard InChI is InChI=1S/C31H24FIN2O3S/c1-2-37-27-18-22(17-26(33)29(27)38-20-21-10-9-11-23(32)16-21)19-28-30(36)35(25-14-7-4-8-15-25)31(39-28)34-24-12-5-3-6-13-24/h3-19H,2,20H2,1H3/b28-19+,34-31?. The van der Waals surface area contributed by atoms with Gasteiger partial charge in [-0.15, -0.1) is 0 Å². The maximum absolute atomic E-state index is 13.6. The van der Waals surface area contributed by atoms with Crippen LogP contribution in [0.25, 0.3) is 6.08 Å². The highest BCUT2D eigenvalue weighted by atomic mass is 127. The molecule has 1 aliphatic rings. The molecular weight excluding hydrogens is 626 g/mol. The SMILES string of the molecule is CCOc1cc(/C=C2/SC(=Nc3ccccc3)N(c3ccccc3)C2=O)cc(I)c1OCc1cccc(F)c1. The molecule has 5 rings (SSSR count). The van der Waals surface area contributed by atoms with Crippen molar-refractivity contribution >= 4 is 62.9 Å². The Labute approximate surface area is 244 Å². The number of ether oxygens (including phenoxy) is 2. The van der Waals surface area contributed by atoms with Gasteiger partial charge >= 0.3 is 0 Å². The highest BCUT2D eigenvalue weighted by Gasteiger charge is 2.34. The third kappa shape index (κ3) is 6.51. The number of amides is 1. The van der Waals surface area contributed by atoms with E-state index in [0.29, 0.717) is 28.2 Å². The summed E-state index contributed by atoms with van der Waals surface area (Å²) in [5.74, 6) is 0.671. The molecule has 0 aliphatic carbocycles. The molecule has 8 heteroatoms. The maximum atomic E-state index is 13.6. The van der Waals surface area contributed by atoms with Gasteiger partial charge in [0.2, 0.25) is 0 Å². The van der Waals surface area contributed by atoms with Crippen molar-refractivity contribution in [1.82, 2.24) is 0 Å². The zero-order valence-corrected chi connectivity index (χ0v) is 24.0. The summed E-state index contributed by atoms with van der Waals surface area (Å²) < 4.78 is 26.4. The minimum absolute atomic E-state index is 0.153. The number of rotatable bonds is 8. The van der Waals surface area contributed by atoms with Crippen molar-refractivity contribution in [3.05, 3.63) is 122 Å². The van der Waals surface area contributed by atoms with E-state index in [2.05, 4.69) is 22.6 Å². The molecule has 5 nitrogen and oxygen atoms in total. The first-order valence-corrected chi connectivity index (χ1v) is 14.2. The minimum atomic E-state index is -0.309. The molecule has 0 N–H and O–H groups in total. The number of thioether (sulfide) groups is 1. The van der Waals surface area contributed by atoms with Crippen LogP contribution in [0.4, 0.5) is 15.8 Å². The number of carbonyl (C=O) groups is 1. The molecule has 0 atom stereocenters. The van der Waals surface area contributed by atoms with E-state index in [4.69, 9.17) is 14.5 Å². The fraction of sp³-hybridized carbons (Fsp3) is 0.0968. The van der Waals surface area contributed by atoms with Crippen molar-refractivity contribution < 1.29 is 18.7 Å². The first-order valence-electron chi connectivity index (χ1n) is 12.3. The topological polar surface area (TPSA) is 51.1 Å². The van der Waals surface area contributed by atoms with E-state index in [1.54, 1.807) is 11.0 Å². The smallest absolute Gasteiger partial charge is 0.271 e. The molecule has 0 spiro atoms. The van der Waals surface area contributed by atoms with Gasteiger partial charge in [-0.25, -0.2) is 9.38 Å². The summed E-state index contributed by atoms with van der Waals surface area (Å²) in [6.45, 7) is 2.54. The number of nitrogens with zero attached hydrogens (tertiary/aromatic N) is 2. The summed E-state index contributed by atoms with van der Waals surface area (Å²) in [5.41, 5.74) is 3.03. The number of aliphatic imine (C=N–C) groups is 1. The molecule has 39 heavy (non-hydrogen) atoms.